The van der Waals surface area contributed by atoms with Crippen LogP contribution >= 0.6 is 0 Å². The Morgan fingerprint density at radius 2 is 1.62 bits per heavy atom. The van der Waals surface area contributed by atoms with E-state index in [1.165, 1.54) is 14.2 Å². The molecule has 0 amide bonds. The second-order valence-corrected chi connectivity index (χ2v) is 12.6. The number of methoxy groups -OCH3 is 2. The van der Waals surface area contributed by atoms with E-state index >= 15 is 0 Å². The molecule has 1 rings (SSSR count). The first-order chi connectivity index (χ1) is 10.9. The molecular weight excluding hydrogens is 330 g/mol. The molecular formula is C16H30NO6Si-. The van der Waals surface area contributed by atoms with Crippen LogP contribution in [-0.4, -0.2) is 58.2 Å². The molecule has 0 radical (unpaired) electrons. The fraction of sp³-hybridized carbons (Fsp3) is 0.875. The van der Waals surface area contributed by atoms with Gasteiger partial charge < -0.3 is 24.2 Å². The first kappa shape index (κ1) is 21.1. The van der Waals surface area contributed by atoms with Crippen LogP contribution in [0.4, 0.5) is 0 Å². The van der Waals surface area contributed by atoms with Crippen molar-refractivity contribution in [2.24, 2.45) is 11.8 Å². The number of hydroxylamine groups is 2. The molecule has 1 heterocycles. The van der Waals surface area contributed by atoms with E-state index < -0.39 is 32.2 Å². The van der Waals surface area contributed by atoms with Crippen LogP contribution in [0.3, 0.4) is 0 Å². The summed E-state index contributed by atoms with van der Waals surface area (Å²) < 4.78 is 15.7. The molecule has 0 N–H and O–H groups in total. The molecule has 0 spiro atoms. The number of esters is 2. The molecule has 0 aromatic rings. The van der Waals surface area contributed by atoms with Gasteiger partial charge in [0, 0.05) is 18.1 Å². The average molecular weight is 361 g/mol. The largest absolute Gasteiger partial charge is 0.785 e. The van der Waals surface area contributed by atoms with Crippen LogP contribution in [0.1, 0.15) is 27.7 Å². The maximum absolute atomic E-state index is 12.0. The molecule has 1 aliphatic rings. The number of carbonyl (C=O) groups is 2. The minimum Gasteiger partial charge on any atom is -0.785 e. The van der Waals surface area contributed by atoms with Gasteiger partial charge in [0.05, 0.1) is 14.2 Å². The maximum Gasteiger partial charge on any atom is 0.321 e. The summed E-state index contributed by atoms with van der Waals surface area (Å²) in [5.41, 5.74) is 0. The zero-order chi connectivity index (χ0) is 18.9. The van der Waals surface area contributed by atoms with Gasteiger partial charge in [-0.25, -0.2) is 0 Å². The average Bonchev–Trinajstić information content (AvgIpc) is 2.46. The van der Waals surface area contributed by atoms with Crippen molar-refractivity contribution in [1.29, 1.82) is 0 Å². The van der Waals surface area contributed by atoms with Crippen molar-refractivity contribution in [1.82, 2.24) is 5.06 Å². The summed E-state index contributed by atoms with van der Waals surface area (Å²) in [4.78, 5) is 24.0. The SMILES string of the molecule is COC(=O)C(C(=O)OC)[C@@H]1[C@@H]([C@@H](C)O[Si](C)(C)C(C)(C)C)CN1[O-]. The van der Waals surface area contributed by atoms with Gasteiger partial charge in [-0.3, -0.25) is 9.59 Å². The Kier molecular flexibility index (Phi) is 6.60. The Balaban J connectivity index is 2.96. The minimum absolute atomic E-state index is 0.0295. The fourth-order valence-corrected chi connectivity index (χ4v) is 4.17. The van der Waals surface area contributed by atoms with Gasteiger partial charge >= 0.3 is 11.9 Å². The number of nitrogens with zero attached hydrogens (tertiary/aromatic N) is 1. The Labute approximate surface area is 145 Å². The zero-order valence-corrected chi connectivity index (χ0v) is 16.9. The summed E-state index contributed by atoms with van der Waals surface area (Å²) in [6.45, 7) is 12.8. The van der Waals surface area contributed by atoms with Gasteiger partial charge in [-0.1, -0.05) is 20.8 Å². The van der Waals surface area contributed by atoms with Crippen LogP contribution < -0.4 is 0 Å². The lowest BCUT2D eigenvalue weighted by Gasteiger charge is -2.57. The summed E-state index contributed by atoms with van der Waals surface area (Å²) in [5, 5.41) is 12.8. The Morgan fingerprint density at radius 3 is 1.96 bits per heavy atom. The molecule has 1 aliphatic heterocycles. The molecule has 8 heteroatoms. The van der Waals surface area contributed by atoms with E-state index in [-0.39, 0.29) is 23.6 Å². The van der Waals surface area contributed by atoms with Gasteiger partial charge in [-0.15, -0.1) is 0 Å². The number of hydrogen-bond acceptors (Lipinski definition) is 7. The molecule has 3 atom stereocenters. The maximum atomic E-state index is 12.0. The molecule has 140 valence electrons. The topological polar surface area (TPSA) is 88.1 Å². The number of ether oxygens (including phenoxy) is 2. The first-order valence-corrected chi connectivity index (χ1v) is 11.1. The highest BCUT2D eigenvalue weighted by atomic mass is 28.4. The summed E-state index contributed by atoms with van der Waals surface area (Å²) >= 11 is 0. The molecule has 0 bridgehead atoms. The molecule has 0 aromatic heterocycles. The lowest BCUT2D eigenvalue weighted by Crippen LogP contribution is -2.64. The van der Waals surface area contributed by atoms with Crippen molar-refractivity contribution in [3.8, 4) is 0 Å². The van der Waals surface area contributed by atoms with Crippen molar-refractivity contribution in [2.75, 3.05) is 20.8 Å². The molecule has 7 nitrogen and oxygen atoms in total. The number of carbonyl (C=O) groups excluding carboxylic acids is 2. The van der Waals surface area contributed by atoms with Crippen molar-refractivity contribution < 1.29 is 23.5 Å². The zero-order valence-electron chi connectivity index (χ0n) is 15.9. The van der Waals surface area contributed by atoms with E-state index in [0.717, 1.165) is 5.06 Å². The summed E-state index contributed by atoms with van der Waals surface area (Å²) in [5.74, 6) is -2.98. The van der Waals surface area contributed by atoms with Gasteiger partial charge in [0.1, 0.15) is 0 Å². The van der Waals surface area contributed by atoms with Crippen LogP contribution in [0.25, 0.3) is 0 Å². The second kappa shape index (κ2) is 7.51. The van der Waals surface area contributed by atoms with E-state index in [1.54, 1.807) is 0 Å². The van der Waals surface area contributed by atoms with E-state index in [4.69, 9.17) is 4.43 Å². The first-order valence-electron chi connectivity index (χ1n) is 8.14. The summed E-state index contributed by atoms with van der Waals surface area (Å²) in [7, 11) is 0.359. The molecule has 1 saturated heterocycles. The predicted molar refractivity (Wildman–Crippen MR) is 92.6 cm³/mol. The van der Waals surface area contributed by atoms with E-state index in [2.05, 4.69) is 43.3 Å². The van der Waals surface area contributed by atoms with Crippen molar-refractivity contribution in [2.45, 2.75) is 58.0 Å². The number of hydrogen-bond donors (Lipinski definition) is 0. The third-order valence-electron chi connectivity index (χ3n) is 5.30. The smallest absolute Gasteiger partial charge is 0.321 e. The summed E-state index contributed by atoms with van der Waals surface area (Å²) in [6.07, 6.45) is -0.238. The molecule has 0 aliphatic carbocycles. The highest BCUT2D eigenvalue weighted by Crippen LogP contribution is 2.41. The second-order valence-electron chi connectivity index (χ2n) is 7.86. The van der Waals surface area contributed by atoms with Crippen LogP contribution in [0.2, 0.25) is 18.1 Å². The van der Waals surface area contributed by atoms with Crippen LogP contribution in [-0.2, 0) is 23.5 Å². The number of rotatable bonds is 6. The molecule has 0 unspecified atom stereocenters. The summed E-state index contributed by atoms with van der Waals surface area (Å²) in [6, 6.07) is -0.815. The fourth-order valence-electron chi connectivity index (χ4n) is 2.71. The highest BCUT2D eigenvalue weighted by Gasteiger charge is 2.51. The Bertz CT molecular complexity index is 460. The van der Waals surface area contributed by atoms with Crippen molar-refractivity contribution in [3.05, 3.63) is 5.21 Å². The minimum atomic E-state index is -2.02. The lowest BCUT2D eigenvalue weighted by molar-refractivity contribution is -0.169. The third-order valence-corrected chi connectivity index (χ3v) is 9.88. The van der Waals surface area contributed by atoms with Gasteiger partial charge in [0.15, 0.2) is 14.2 Å². The van der Waals surface area contributed by atoms with Crippen molar-refractivity contribution in [3.63, 3.8) is 0 Å². The predicted octanol–water partition coefficient (Wildman–Crippen LogP) is 2.16. The van der Waals surface area contributed by atoms with Crippen LogP contribution in [0.5, 0.6) is 0 Å². The quantitative estimate of drug-likeness (QED) is 0.407. The van der Waals surface area contributed by atoms with Crippen LogP contribution in [0.15, 0.2) is 0 Å². The Hall–Kier alpha value is -0.963. The van der Waals surface area contributed by atoms with Gasteiger partial charge in [0.25, 0.3) is 0 Å². The van der Waals surface area contributed by atoms with Gasteiger partial charge in [-0.2, -0.15) is 0 Å². The lowest BCUT2D eigenvalue weighted by atomic mass is 9.78. The highest BCUT2D eigenvalue weighted by molar-refractivity contribution is 6.74. The molecule has 0 saturated carbocycles. The van der Waals surface area contributed by atoms with E-state index in [0.29, 0.717) is 0 Å². The standard InChI is InChI=1S/C16H30NO6Si/c1-10(23-24(7,8)16(2,3)4)11-9-17(20)13(11)12(14(18)21-5)15(19)22-6/h10-13H,9H2,1-8H3/q-1/t10-,11-,13+/m1/s1. The molecule has 24 heavy (non-hydrogen) atoms. The molecule has 0 aromatic carbocycles. The molecule has 1 fully saturated rings. The third kappa shape index (κ3) is 4.16. The van der Waals surface area contributed by atoms with Crippen LogP contribution in [0, 0.1) is 17.0 Å². The van der Waals surface area contributed by atoms with E-state index in [9.17, 15) is 14.8 Å². The van der Waals surface area contributed by atoms with Crippen molar-refractivity contribution >= 4 is 20.3 Å². The van der Waals surface area contributed by atoms with Gasteiger partial charge in [0.2, 0.25) is 0 Å². The Morgan fingerprint density at radius 1 is 1.17 bits per heavy atom. The van der Waals surface area contributed by atoms with E-state index in [1.807, 2.05) is 6.92 Å². The van der Waals surface area contributed by atoms with Gasteiger partial charge in [-0.05, 0) is 31.6 Å². The normalized spacial score (nSPS) is 23.6. The monoisotopic (exact) mass is 360 g/mol.